The standard InChI is InChI=1S/C17H15F2N3O/c18-13-9-15-16(10-14(13)19)21-17(20-15)11-1-3-12(4-2-11)22-5-7-23-8-6-22/h1-4,9-10H,5-8H2,(H,20,21). The number of anilines is 1. The van der Waals surface area contributed by atoms with Crippen LogP contribution in [0.4, 0.5) is 14.5 Å². The fraction of sp³-hybridized carbons (Fsp3) is 0.235. The molecule has 0 radical (unpaired) electrons. The van der Waals surface area contributed by atoms with E-state index < -0.39 is 11.6 Å². The van der Waals surface area contributed by atoms with Crippen molar-refractivity contribution >= 4 is 16.7 Å². The Hall–Kier alpha value is -2.47. The first-order chi connectivity index (χ1) is 11.2. The number of H-pyrrole nitrogens is 1. The first kappa shape index (κ1) is 14.1. The fourth-order valence-electron chi connectivity index (χ4n) is 2.79. The van der Waals surface area contributed by atoms with E-state index in [1.54, 1.807) is 0 Å². The second-order valence-electron chi connectivity index (χ2n) is 5.52. The van der Waals surface area contributed by atoms with E-state index >= 15 is 0 Å². The predicted molar refractivity (Wildman–Crippen MR) is 84.5 cm³/mol. The van der Waals surface area contributed by atoms with Gasteiger partial charge in [0.2, 0.25) is 0 Å². The van der Waals surface area contributed by atoms with Gasteiger partial charge in [0.15, 0.2) is 11.6 Å². The average molecular weight is 315 g/mol. The number of nitrogens with zero attached hydrogens (tertiary/aromatic N) is 2. The summed E-state index contributed by atoms with van der Waals surface area (Å²) in [6.07, 6.45) is 0. The highest BCUT2D eigenvalue weighted by Gasteiger charge is 2.13. The van der Waals surface area contributed by atoms with Crippen molar-refractivity contribution < 1.29 is 13.5 Å². The fourth-order valence-corrected chi connectivity index (χ4v) is 2.79. The van der Waals surface area contributed by atoms with Crippen LogP contribution in [-0.2, 0) is 4.74 Å². The van der Waals surface area contributed by atoms with Gasteiger partial charge >= 0.3 is 0 Å². The zero-order valence-electron chi connectivity index (χ0n) is 12.4. The Morgan fingerprint density at radius 2 is 1.70 bits per heavy atom. The van der Waals surface area contributed by atoms with E-state index in [-0.39, 0.29) is 0 Å². The van der Waals surface area contributed by atoms with E-state index in [9.17, 15) is 8.78 Å². The molecule has 0 unspecified atom stereocenters. The molecule has 0 atom stereocenters. The van der Waals surface area contributed by atoms with E-state index in [4.69, 9.17) is 4.74 Å². The van der Waals surface area contributed by atoms with Gasteiger partial charge in [-0.15, -0.1) is 0 Å². The minimum absolute atomic E-state index is 0.413. The molecule has 1 aromatic heterocycles. The zero-order valence-corrected chi connectivity index (χ0v) is 12.4. The van der Waals surface area contributed by atoms with Crippen LogP contribution >= 0.6 is 0 Å². The largest absolute Gasteiger partial charge is 0.378 e. The second-order valence-corrected chi connectivity index (χ2v) is 5.52. The number of nitrogens with one attached hydrogen (secondary N) is 1. The Bertz CT molecular complexity index is 800. The summed E-state index contributed by atoms with van der Waals surface area (Å²) in [6, 6.07) is 10.2. The third-order valence-electron chi connectivity index (χ3n) is 4.04. The van der Waals surface area contributed by atoms with Crippen LogP contribution in [0.1, 0.15) is 0 Å². The van der Waals surface area contributed by atoms with Crippen molar-refractivity contribution in [3.63, 3.8) is 0 Å². The molecular formula is C17H15F2N3O. The molecule has 1 aliphatic heterocycles. The van der Waals surface area contributed by atoms with Crippen molar-refractivity contribution in [1.29, 1.82) is 0 Å². The molecule has 118 valence electrons. The summed E-state index contributed by atoms with van der Waals surface area (Å²) < 4.78 is 31.9. The zero-order chi connectivity index (χ0) is 15.8. The van der Waals surface area contributed by atoms with Crippen molar-refractivity contribution in [2.45, 2.75) is 0 Å². The number of hydrogen-bond donors (Lipinski definition) is 1. The summed E-state index contributed by atoms with van der Waals surface area (Å²) in [4.78, 5) is 9.62. The Morgan fingerprint density at radius 1 is 1.00 bits per heavy atom. The lowest BCUT2D eigenvalue weighted by atomic mass is 10.2. The number of ether oxygens (including phenoxy) is 1. The molecule has 1 fully saturated rings. The van der Waals surface area contributed by atoms with Crippen molar-refractivity contribution in [3.05, 3.63) is 48.0 Å². The van der Waals surface area contributed by atoms with Crippen molar-refractivity contribution in [2.24, 2.45) is 0 Å². The van der Waals surface area contributed by atoms with Crippen LogP contribution in [0.15, 0.2) is 36.4 Å². The molecule has 0 aliphatic carbocycles. The molecule has 1 N–H and O–H groups in total. The maximum atomic E-state index is 13.3. The number of rotatable bonds is 2. The van der Waals surface area contributed by atoms with Gasteiger partial charge in [-0.05, 0) is 24.3 Å². The summed E-state index contributed by atoms with van der Waals surface area (Å²) in [5.74, 6) is -1.17. The molecule has 4 nitrogen and oxygen atoms in total. The summed E-state index contributed by atoms with van der Waals surface area (Å²) in [5, 5.41) is 0. The van der Waals surface area contributed by atoms with Crippen molar-refractivity contribution in [1.82, 2.24) is 9.97 Å². The van der Waals surface area contributed by atoms with E-state index in [1.807, 2.05) is 24.3 Å². The molecule has 3 aromatic rings. The van der Waals surface area contributed by atoms with Gasteiger partial charge in [-0.1, -0.05) is 0 Å². The van der Waals surface area contributed by atoms with E-state index in [0.717, 1.165) is 49.7 Å². The van der Waals surface area contributed by atoms with Crippen LogP contribution in [0.2, 0.25) is 0 Å². The topological polar surface area (TPSA) is 41.2 Å². The minimum atomic E-state index is -0.891. The Labute approximate surface area is 131 Å². The van der Waals surface area contributed by atoms with Crippen LogP contribution < -0.4 is 4.90 Å². The highest BCUT2D eigenvalue weighted by Crippen LogP contribution is 2.25. The van der Waals surface area contributed by atoms with Gasteiger partial charge in [0.05, 0.1) is 24.2 Å². The minimum Gasteiger partial charge on any atom is -0.378 e. The molecule has 1 aliphatic rings. The molecule has 4 rings (SSSR count). The van der Waals surface area contributed by atoms with Crippen LogP contribution in [0.5, 0.6) is 0 Å². The highest BCUT2D eigenvalue weighted by molar-refractivity contribution is 5.79. The summed E-state index contributed by atoms with van der Waals surface area (Å²) in [5.41, 5.74) is 2.90. The van der Waals surface area contributed by atoms with Gasteiger partial charge in [0.1, 0.15) is 5.82 Å². The van der Waals surface area contributed by atoms with Crippen LogP contribution in [0.3, 0.4) is 0 Å². The molecule has 0 amide bonds. The molecule has 2 heterocycles. The van der Waals surface area contributed by atoms with Crippen LogP contribution in [0, 0.1) is 11.6 Å². The summed E-state index contributed by atoms with van der Waals surface area (Å²) in [7, 11) is 0. The number of benzene rings is 2. The van der Waals surface area contributed by atoms with E-state index in [2.05, 4.69) is 14.9 Å². The number of hydrogen-bond acceptors (Lipinski definition) is 3. The lowest BCUT2D eigenvalue weighted by Gasteiger charge is -2.28. The maximum Gasteiger partial charge on any atom is 0.161 e. The molecule has 0 saturated carbocycles. The third-order valence-corrected chi connectivity index (χ3v) is 4.04. The molecule has 0 spiro atoms. The first-order valence-corrected chi connectivity index (χ1v) is 7.48. The molecule has 23 heavy (non-hydrogen) atoms. The van der Waals surface area contributed by atoms with Gasteiger partial charge in [0.25, 0.3) is 0 Å². The smallest absolute Gasteiger partial charge is 0.161 e. The third kappa shape index (κ3) is 2.66. The number of imidazole rings is 1. The van der Waals surface area contributed by atoms with Gasteiger partial charge in [0, 0.05) is 36.5 Å². The van der Waals surface area contributed by atoms with Crippen molar-refractivity contribution in [3.8, 4) is 11.4 Å². The van der Waals surface area contributed by atoms with Gasteiger partial charge in [-0.2, -0.15) is 0 Å². The van der Waals surface area contributed by atoms with Gasteiger partial charge in [-0.25, -0.2) is 13.8 Å². The number of morpholine rings is 1. The lowest BCUT2D eigenvalue weighted by molar-refractivity contribution is 0.122. The molecule has 0 bridgehead atoms. The molecule has 6 heteroatoms. The normalized spacial score (nSPS) is 15.3. The van der Waals surface area contributed by atoms with Gasteiger partial charge < -0.3 is 14.6 Å². The quantitative estimate of drug-likeness (QED) is 0.788. The highest BCUT2D eigenvalue weighted by atomic mass is 19.2. The first-order valence-electron chi connectivity index (χ1n) is 7.48. The van der Waals surface area contributed by atoms with E-state index in [0.29, 0.717) is 16.9 Å². The SMILES string of the molecule is Fc1cc2nc(-c3ccc(N4CCOCC4)cc3)[nH]c2cc1F. The van der Waals surface area contributed by atoms with Crippen LogP contribution in [-0.4, -0.2) is 36.3 Å². The summed E-state index contributed by atoms with van der Waals surface area (Å²) >= 11 is 0. The predicted octanol–water partition coefficient (Wildman–Crippen LogP) is 3.34. The number of aromatic nitrogens is 2. The molecule has 2 aromatic carbocycles. The number of halogens is 2. The Balaban J connectivity index is 1.65. The number of fused-ring (bicyclic) bond motifs is 1. The number of aromatic amines is 1. The average Bonchev–Trinajstić information content (AvgIpc) is 2.99. The van der Waals surface area contributed by atoms with Gasteiger partial charge in [-0.3, -0.25) is 0 Å². The Kier molecular flexibility index (Phi) is 3.46. The monoisotopic (exact) mass is 315 g/mol. The van der Waals surface area contributed by atoms with Crippen LogP contribution in [0.25, 0.3) is 22.4 Å². The van der Waals surface area contributed by atoms with Crippen molar-refractivity contribution in [2.75, 3.05) is 31.2 Å². The second kappa shape index (κ2) is 5.62. The Morgan fingerprint density at radius 3 is 2.43 bits per heavy atom. The molecule has 1 saturated heterocycles. The van der Waals surface area contributed by atoms with E-state index in [1.165, 1.54) is 0 Å². The maximum absolute atomic E-state index is 13.3. The lowest BCUT2D eigenvalue weighted by Crippen LogP contribution is -2.36. The molecular weight excluding hydrogens is 300 g/mol. The summed E-state index contributed by atoms with van der Waals surface area (Å²) in [6.45, 7) is 3.23.